The second-order valence-corrected chi connectivity index (χ2v) is 4.08. The number of aliphatic imine (C=N–C) groups is 1. The molecule has 0 radical (unpaired) electrons. The Morgan fingerprint density at radius 1 is 1.47 bits per heavy atom. The second-order valence-electron chi connectivity index (χ2n) is 3.29. The summed E-state index contributed by atoms with van der Waals surface area (Å²) in [6.45, 7) is 1.36. The molecule has 0 spiro atoms. The van der Waals surface area contributed by atoms with Gasteiger partial charge in [-0.2, -0.15) is 0 Å². The van der Waals surface area contributed by atoms with Crippen LogP contribution in [0.1, 0.15) is 0 Å². The smallest absolute Gasteiger partial charge is 0.290 e. The molecule has 2 N–H and O–H groups in total. The number of nitro benzene ring substituents is 1. The maximum Gasteiger partial charge on any atom is 0.290 e. The summed E-state index contributed by atoms with van der Waals surface area (Å²) in [6, 6.07) is 2.68. The molecule has 0 saturated carbocycles. The number of guanidine groups is 1. The van der Waals surface area contributed by atoms with Gasteiger partial charge in [-0.15, -0.1) is 0 Å². The van der Waals surface area contributed by atoms with Gasteiger partial charge in [0, 0.05) is 12.6 Å². The van der Waals surface area contributed by atoms with Gasteiger partial charge in [0.25, 0.3) is 5.69 Å². The van der Waals surface area contributed by atoms with E-state index in [1.54, 1.807) is 0 Å². The van der Waals surface area contributed by atoms with E-state index in [4.69, 9.17) is 23.2 Å². The zero-order valence-corrected chi connectivity index (χ0v) is 10.0. The third kappa shape index (κ3) is 2.42. The van der Waals surface area contributed by atoms with Crippen molar-refractivity contribution in [2.75, 3.05) is 18.4 Å². The van der Waals surface area contributed by atoms with E-state index in [1.165, 1.54) is 12.1 Å². The fourth-order valence-electron chi connectivity index (χ4n) is 1.40. The molecule has 0 saturated heterocycles. The van der Waals surface area contributed by atoms with E-state index in [9.17, 15) is 10.1 Å². The standard InChI is InChI=1S/C9H8Cl2N4O2/c10-5-1-2-6(15(16)17)7(11)8(5)14-9-12-3-4-13-9/h1-2H,3-4H2,(H2,12,13,14). The normalized spacial score (nSPS) is 14.1. The van der Waals surface area contributed by atoms with Crippen molar-refractivity contribution in [1.29, 1.82) is 0 Å². The molecule has 0 aliphatic carbocycles. The number of hydrogen-bond acceptors (Lipinski definition) is 5. The molecule has 1 heterocycles. The predicted octanol–water partition coefficient (Wildman–Crippen LogP) is 2.27. The number of rotatable bonds is 2. The molecule has 0 amide bonds. The number of nitrogens with one attached hydrogen (secondary N) is 2. The zero-order valence-electron chi connectivity index (χ0n) is 8.54. The van der Waals surface area contributed by atoms with E-state index in [-0.39, 0.29) is 16.4 Å². The van der Waals surface area contributed by atoms with Crippen LogP contribution in [0.3, 0.4) is 0 Å². The highest BCUT2D eigenvalue weighted by Crippen LogP contribution is 2.37. The quantitative estimate of drug-likeness (QED) is 0.641. The number of anilines is 1. The molecule has 0 fully saturated rings. The minimum atomic E-state index is -0.562. The fraction of sp³-hybridized carbons (Fsp3) is 0.222. The van der Waals surface area contributed by atoms with Crippen LogP contribution in [-0.4, -0.2) is 24.0 Å². The summed E-state index contributed by atoms with van der Waals surface area (Å²) < 4.78 is 0. The molecule has 6 nitrogen and oxygen atoms in total. The molecule has 0 aromatic heterocycles. The number of nitrogens with zero attached hydrogens (tertiary/aromatic N) is 2. The van der Waals surface area contributed by atoms with Crippen LogP contribution < -0.4 is 10.6 Å². The molecule has 1 aliphatic rings. The topological polar surface area (TPSA) is 79.6 Å². The van der Waals surface area contributed by atoms with Gasteiger partial charge in [-0.05, 0) is 6.07 Å². The zero-order chi connectivity index (χ0) is 12.4. The van der Waals surface area contributed by atoms with Crippen molar-refractivity contribution in [3.63, 3.8) is 0 Å². The largest absolute Gasteiger partial charge is 0.354 e. The molecule has 0 atom stereocenters. The van der Waals surface area contributed by atoms with Gasteiger partial charge in [0.05, 0.1) is 22.2 Å². The van der Waals surface area contributed by atoms with Crippen molar-refractivity contribution < 1.29 is 4.92 Å². The molecule has 1 aromatic carbocycles. The van der Waals surface area contributed by atoms with Crippen LogP contribution in [-0.2, 0) is 0 Å². The van der Waals surface area contributed by atoms with Crippen LogP contribution in [0, 0.1) is 10.1 Å². The van der Waals surface area contributed by atoms with Crippen molar-refractivity contribution in [2.45, 2.75) is 0 Å². The third-order valence-electron chi connectivity index (χ3n) is 2.18. The lowest BCUT2D eigenvalue weighted by molar-refractivity contribution is -0.384. The van der Waals surface area contributed by atoms with Gasteiger partial charge in [0.15, 0.2) is 5.96 Å². The first-order valence-electron chi connectivity index (χ1n) is 4.77. The summed E-state index contributed by atoms with van der Waals surface area (Å²) in [5.74, 6) is 0.509. The molecule has 8 heteroatoms. The SMILES string of the molecule is O=[N+]([O-])c1ccc(Cl)c(NC2=NCCN2)c1Cl. The van der Waals surface area contributed by atoms with Crippen LogP contribution in [0.2, 0.25) is 10.0 Å². The van der Waals surface area contributed by atoms with Crippen LogP contribution in [0.5, 0.6) is 0 Å². The Hall–Kier alpha value is -1.53. The summed E-state index contributed by atoms with van der Waals surface area (Å²) in [4.78, 5) is 14.3. The van der Waals surface area contributed by atoms with Gasteiger partial charge in [-0.25, -0.2) is 0 Å². The molecule has 2 rings (SSSR count). The highest BCUT2D eigenvalue weighted by atomic mass is 35.5. The fourth-order valence-corrected chi connectivity index (χ4v) is 1.93. The highest BCUT2D eigenvalue weighted by Gasteiger charge is 2.20. The minimum absolute atomic E-state index is 0.0288. The number of nitro groups is 1. The molecule has 1 aromatic rings. The van der Waals surface area contributed by atoms with Gasteiger partial charge >= 0.3 is 0 Å². The lowest BCUT2D eigenvalue weighted by atomic mass is 10.3. The summed E-state index contributed by atoms with van der Waals surface area (Å²) >= 11 is 11.8. The molecule has 90 valence electrons. The van der Waals surface area contributed by atoms with E-state index in [0.29, 0.717) is 24.1 Å². The highest BCUT2D eigenvalue weighted by molar-refractivity contribution is 6.41. The van der Waals surface area contributed by atoms with E-state index >= 15 is 0 Å². The van der Waals surface area contributed by atoms with Crippen LogP contribution in [0.15, 0.2) is 17.1 Å². The first kappa shape index (κ1) is 11.9. The van der Waals surface area contributed by atoms with E-state index in [2.05, 4.69) is 15.6 Å². The van der Waals surface area contributed by atoms with E-state index in [0.717, 1.165) is 0 Å². The molecule has 0 unspecified atom stereocenters. The second kappa shape index (κ2) is 4.77. The van der Waals surface area contributed by atoms with E-state index < -0.39 is 4.92 Å². The Balaban J connectivity index is 2.37. The molecule has 1 aliphatic heterocycles. The number of hydrogen-bond donors (Lipinski definition) is 2. The summed E-state index contributed by atoms with van der Waals surface area (Å²) in [6.07, 6.45) is 0. The van der Waals surface area contributed by atoms with Gasteiger partial charge in [-0.1, -0.05) is 23.2 Å². The average Bonchev–Trinajstić information content (AvgIpc) is 2.76. The van der Waals surface area contributed by atoms with Crippen molar-refractivity contribution in [3.8, 4) is 0 Å². The van der Waals surface area contributed by atoms with Crippen molar-refractivity contribution in [2.24, 2.45) is 4.99 Å². The van der Waals surface area contributed by atoms with Crippen molar-refractivity contribution >= 4 is 40.5 Å². The van der Waals surface area contributed by atoms with Crippen molar-refractivity contribution in [1.82, 2.24) is 5.32 Å². The van der Waals surface area contributed by atoms with Crippen LogP contribution >= 0.6 is 23.2 Å². The Morgan fingerprint density at radius 2 is 2.24 bits per heavy atom. The number of halogens is 2. The Kier molecular flexibility index (Phi) is 3.35. The first-order chi connectivity index (χ1) is 8.09. The van der Waals surface area contributed by atoms with E-state index in [1.807, 2.05) is 0 Å². The Labute approximate surface area is 107 Å². The Bertz CT molecular complexity index is 504. The molecule has 0 bridgehead atoms. The maximum atomic E-state index is 10.7. The first-order valence-corrected chi connectivity index (χ1v) is 5.53. The summed E-state index contributed by atoms with van der Waals surface area (Å²) in [5, 5.41) is 16.8. The predicted molar refractivity (Wildman–Crippen MR) is 67.0 cm³/mol. The maximum absolute atomic E-state index is 10.7. The molecular weight excluding hydrogens is 267 g/mol. The lowest BCUT2D eigenvalue weighted by Gasteiger charge is -2.10. The van der Waals surface area contributed by atoms with Crippen LogP contribution in [0.25, 0.3) is 0 Å². The summed E-state index contributed by atoms with van der Waals surface area (Å²) in [7, 11) is 0. The van der Waals surface area contributed by atoms with Gasteiger partial charge < -0.3 is 10.6 Å². The lowest BCUT2D eigenvalue weighted by Crippen LogP contribution is -2.26. The minimum Gasteiger partial charge on any atom is -0.354 e. The van der Waals surface area contributed by atoms with Crippen LogP contribution in [0.4, 0.5) is 11.4 Å². The summed E-state index contributed by atoms with van der Waals surface area (Å²) in [5.41, 5.74) is 0.0906. The number of benzene rings is 1. The Morgan fingerprint density at radius 3 is 2.82 bits per heavy atom. The van der Waals surface area contributed by atoms with Gasteiger partial charge in [-0.3, -0.25) is 15.1 Å². The van der Waals surface area contributed by atoms with Gasteiger partial charge in [0.2, 0.25) is 0 Å². The van der Waals surface area contributed by atoms with Crippen molar-refractivity contribution in [3.05, 3.63) is 32.3 Å². The molecule has 17 heavy (non-hydrogen) atoms. The average molecular weight is 275 g/mol. The monoisotopic (exact) mass is 274 g/mol. The molecular formula is C9H8Cl2N4O2. The third-order valence-corrected chi connectivity index (χ3v) is 2.88. The van der Waals surface area contributed by atoms with Gasteiger partial charge in [0.1, 0.15) is 5.02 Å².